The molecule has 0 aliphatic carbocycles. The monoisotopic (exact) mass is 125 g/mol. The van der Waals surface area contributed by atoms with Crippen molar-refractivity contribution < 1.29 is 0 Å². The number of rotatable bonds is 2. The highest BCUT2D eigenvalue weighted by Gasteiger charge is 2.16. The van der Waals surface area contributed by atoms with Gasteiger partial charge >= 0.3 is 0 Å². The van der Waals surface area contributed by atoms with Gasteiger partial charge in [0.25, 0.3) is 0 Å². The van der Waals surface area contributed by atoms with Crippen molar-refractivity contribution in [2.45, 2.75) is 19.8 Å². The average Bonchev–Trinajstić information content (AvgIpc) is 2.17. The quantitative estimate of drug-likeness (QED) is 0.539. The van der Waals surface area contributed by atoms with Crippen LogP contribution >= 0.6 is 0 Å². The summed E-state index contributed by atoms with van der Waals surface area (Å²) < 4.78 is 0. The fraction of sp³-hybridized carbons (Fsp3) is 0.875. The van der Waals surface area contributed by atoms with Gasteiger partial charge in [-0.2, -0.15) is 0 Å². The van der Waals surface area contributed by atoms with Gasteiger partial charge in [0.2, 0.25) is 0 Å². The van der Waals surface area contributed by atoms with E-state index < -0.39 is 0 Å². The van der Waals surface area contributed by atoms with Crippen molar-refractivity contribution in [1.29, 1.82) is 0 Å². The van der Waals surface area contributed by atoms with E-state index in [-0.39, 0.29) is 0 Å². The lowest BCUT2D eigenvalue weighted by molar-refractivity contribution is 0.332. The summed E-state index contributed by atoms with van der Waals surface area (Å²) >= 11 is 0. The minimum absolute atomic E-state index is 0.455. The summed E-state index contributed by atoms with van der Waals surface area (Å²) in [6.07, 6.45) is 2.45. The normalized spacial score (nSPS) is 29.3. The maximum atomic E-state index is 5.71. The summed E-state index contributed by atoms with van der Waals surface area (Å²) in [5, 5.41) is 0. The molecule has 1 heteroatoms. The fourth-order valence-electron chi connectivity index (χ4n) is 1.38. The van der Waals surface area contributed by atoms with Crippen molar-refractivity contribution in [3.63, 3.8) is 0 Å². The van der Waals surface area contributed by atoms with Crippen LogP contribution in [0.4, 0.5) is 0 Å². The van der Waals surface area contributed by atoms with E-state index in [0.717, 1.165) is 6.54 Å². The Morgan fingerprint density at radius 3 is 2.89 bits per heavy atom. The molecule has 0 spiro atoms. The molecule has 0 bridgehead atoms. The summed E-state index contributed by atoms with van der Waals surface area (Å²) in [6.45, 7) is 11.5. The van der Waals surface area contributed by atoms with Crippen molar-refractivity contribution in [2.75, 3.05) is 19.6 Å². The molecule has 1 aliphatic rings. The van der Waals surface area contributed by atoms with Crippen LogP contribution in [-0.4, -0.2) is 24.5 Å². The summed E-state index contributed by atoms with van der Waals surface area (Å²) in [5.41, 5.74) is 0. The highest BCUT2D eigenvalue weighted by molar-refractivity contribution is 4.75. The van der Waals surface area contributed by atoms with Crippen LogP contribution in [0.15, 0.2) is 0 Å². The average molecular weight is 125 g/mol. The molecule has 0 amide bonds. The molecule has 1 unspecified atom stereocenters. The van der Waals surface area contributed by atoms with E-state index in [9.17, 15) is 0 Å². The van der Waals surface area contributed by atoms with E-state index in [1.165, 1.54) is 25.9 Å². The Morgan fingerprint density at radius 2 is 2.44 bits per heavy atom. The van der Waals surface area contributed by atoms with Gasteiger partial charge in [0.05, 0.1) is 0 Å². The van der Waals surface area contributed by atoms with Gasteiger partial charge in [0, 0.05) is 6.54 Å². The van der Waals surface area contributed by atoms with Crippen molar-refractivity contribution in [3.05, 3.63) is 6.92 Å². The molecule has 1 fully saturated rings. The maximum Gasteiger partial charge on any atom is 0.00130 e. The number of hydrogen-bond acceptors (Lipinski definition) is 1. The SMILES string of the molecule is [CH]C1CCN(CCC)C1. The van der Waals surface area contributed by atoms with Crippen LogP contribution in [0.1, 0.15) is 19.8 Å². The molecule has 0 aromatic carbocycles. The predicted molar refractivity (Wildman–Crippen MR) is 39.1 cm³/mol. The molecule has 0 aromatic rings. The Labute approximate surface area is 58.0 Å². The van der Waals surface area contributed by atoms with Crippen LogP contribution in [0, 0.1) is 12.8 Å². The Morgan fingerprint density at radius 1 is 1.67 bits per heavy atom. The molecule has 9 heavy (non-hydrogen) atoms. The largest absolute Gasteiger partial charge is 0.303 e. The van der Waals surface area contributed by atoms with Gasteiger partial charge < -0.3 is 4.90 Å². The molecule has 1 atom stereocenters. The third kappa shape index (κ3) is 1.98. The molecular weight excluding hydrogens is 110 g/mol. The van der Waals surface area contributed by atoms with Crippen LogP contribution in [0.2, 0.25) is 0 Å². The third-order valence-corrected chi connectivity index (χ3v) is 1.85. The lowest BCUT2D eigenvalue weighted by atomic mass is 10.2. The number of nitrogens with zero attached hydrogens (tertiary/aromatic N) is 1. The van der Waals surface area contributed by atoms with Crippen LogP contribution in [0.5, 0.6) is 0 Å². The second-order valence-corrected chi connectivity index (χ2v) is 2.85. The summed E-state index contributed by atoms with van der Waals surface area (Å²) in [7, 11) is 0. The van der Waals surface area contributed by atoms with Crippen molar-refractivity contribution >= 4 is 0 Å². The zero-order valence-electron chi connectivity index (χ0n) is 6.14. The van der Waals surface area contributed by atoms with Gasteiger partial charge in [-0.1, -0.05) is 6.92 Å². The zero-order chi connectivity index (χ0) is 6.69. The molecule has 2 radical (unpaired) electrons. The molecule has 1 aliphatic heterocycles. The molecule has 0 aromatic heterocycles. The maximum absolute atomic E-state index is 5.71. The Balaban J connectivity index is 2.14. The van der Waals surface area contributed by atoms with E-state index in [1.54, 1.807) is 0 Å². The van der Waals surface area contributed by atoms with Gasteiger partial charge in [0.15, 0.2) is 0 Å². The zero-order valence-corrected chi connectivity index (χ0v) is 6.14. The Bertz CT molecular complexity index is 78.6. The minimum atomic E-state index is 0.455. The molecular formula is C8H15N. The van der Waals surface area contributed by atoms with E-state index in [4.69, 9.17) is 6.92 Å². The number of hydrogen-bond donors (Lipinski definition) is 0. The highest BCUT2D eigenvalue weighted by atomic mass is 15.1. The minimum Gasteiger partial charge on any atom is -0.303 e. The summed E-state index contributed by atoms with van der Waals surface area (Å²) in [5.74, 6) is 0.455. The van der Waals surface area contributed by atoms with Crippen LogP contribution in [-0.2, 0) is 0 Å². The first kappa shape index (κ1) is 7.07. The molecule has 1 rings (SSSR count). The standard InChI is InChI=1S/C8H15N/c1-3-5-9-6-4-8(2)7-9/h2,8H,3-7H2,1H3. The van der Waals surface area contributed by atoms with E-state index in [1.807, 2.05) is 0 Å². The van der Waals surface area contributed by atoms with Crippen molar-refractivity contribution in [2.24, 2.45) is 5.92 Å². The lowest BCUT2D eigenvalue weighted by Gasteiger charge is -2.12. The summed E-state index contributed by atoms with van der Waals surface area (Å²) in [6, 6.07) is 0. The van der Waals surface area contributed by atoms with Gasteiger partial charge in [-0.25, -0.2) is 0 Å². The number of likely N-dealkylation sites (tertiary alicyclic amines) is 1. The molecule has 0 saturated carbocycles. The van der Waals surface area contributed by atoms with Gasteiger partial charge in [-0.3, -0.25) is 0 Å². The van der Waals surface area contributed by atoms with Gasteiger partial charge in [-0.05, 0) is 38.8 Å². The van der Waals surface area contributed by atoms with Gasteiger partial charge in [0.1, 0.15) is 0 Å². The first-order valence-corrected chi connectivity index (χ1v) is 3.81. The fourth-order valence-corrected chi connectivity index (χ4v) is 1.38. The van der Waals surface area contributed by atoms with E-state index in [0.29, 0.717) is 5.92 Å². The first-order valence-electron chi connectivity index (χ1n) is 3.81. The molecule has 1 nitrogen and oxygen atoms in total. The first-order chi connectivity index (χ1) is 4.33. The van der Waals surface area contributed by atoms with Crippen molar-refractivity contribution in [1.82, 2.24) is 4.90 Å². The lowest BCUT2D eigenvalue weighted by Crippen LogP contribution is -2.20. The van der Waals surface area contributed by atoms with Crippen LogP contribution < -0.4 is 0 Å². The van der Waals surface area contributed by atoms with E-state index >= 15 is 0 Å². The Kier molecular flexibility index (Phi) is 2.52. The topological polar surface area (TPSA) is 3.24 Å². The third-order valence-electron chi connectivity index (χ3n) is 1.85. The van der Waals surface area contributed by atoms with Crippen LogP contribution in [0.3, 0.4) is 0 Å². The highest BCUT2D eigenvalue weighted by Crippen LogP contribution is 2.13. The van der Waals surface area contributed by atoms with Crippen molar-refractivity contribution in [3.8, 4) is 0 Å². The molecule has 1 heterocycles. The summed E-state index contributed by atoms with van der Waals surface area (Å²) in [4.78, 5) is 2.44. The molecule has 1 saturated heterocycles. The van der Waals surface area contributed by atoms with Crippen LogP contribution in [0.25, 0.3) is 0 Å². The van der Waals surface area contributed by atoms with Gasteiger partial charge in [-0.15, -0.1) is 0 Å². The molecule has 52 valence electrons. The smallest absolute Gasteiger partial charge is 0.00130 e. The Hall–Kier alpha value is -0.0400. The molecule has 0 N–H and O–H groups in total. The van der Waals surface area contributed by atoms with E-state index in [2.05, 4.69) is 11.8 Å². The second kappa shape index (κ2) is 3.21. The predicted octanol–water partition coefficient (Wildman–Crippen LogP) is 1.43. The second-order valence-electron chi connectivity index (χ2n) is 2.85.